The molecule has 14 nitrogen and oxygen atoms in total. The van der Waals surface area contributed by atoms with Crippen molar-refractivity contribution >= 4 is 41.1 Å². The summed E-state index contributed by atoms with van der Waals surface area (Å²) in [4.78, 5) is 72.4. The SMILES string of the molecule is CN(C)C/C(C=O)=C/CC[C@H](NC(=O)OCC1CCOCC1)C(=O)Nc1cccn(Cc2nc3c(CC(C)(C)C)cccc3n2C(=O)OC(C)(C)C)c1=O. The quantitative estimate of drug-likeness (QED) is 0.158. The molecule has 1 aliphatic rings. The molecule has 1 atom stereocenters. The van der Waals surface area contributed by atoms with Crippen LogP contribution in [0.2, 0.25) is 0 Å². The number of hydrogen-bond acceptors (Lipinski definition) is 10. The fourth-order valence-electron chi connectivity index (χ4n) is 6.18. The summed E-state index contributed by atoms with van der Waals surface area (Å²) in [5.74, 6) is -0.180. The van der Waals surface area contributed by atoms with E-state index in [2.05, 4.69) is 31.4 Å². The molecule has 54 heavy (non-hydrogen) atoms. The van der Waals surface area contributed by atoms with E-state index in [9.17, 15) is 24.0 Å². The number of ether oxygens (including phenoxy) is 3. The number of imidazole rings is 1. The van der Waals surface area contributed by atoms with Gasteiger partial charge in [-0.1, -0.05) is 39.0 Å². The zero-order valence-electron chi connectivity index (χ0n) is 32.9. The van der Waals surface area contributed by atoms with Crippen LogP contribution in [0, 0.1) is 11.3 Å². The van der Waals surface area contributed by atoms with Crippen molar-refractivity contribution < 1.29 is 33.4 Å². The van der Waals surface area contributed by atoms with Gasteiger partial charge >= 0.3 is 12.2 Å². The number of benzene rings is 1. The van der Waals surface area contributed by atoms with Crippen molar-refractivity contribution in [2.45, 2.75) is 91.8 Å². The summed E-state index contributed by atoms with van der Waals surface area (Å²) in [5, 5.41) is 5.34. The molecular formula is C40H56N6O8. The smallest absolute Gasteiger partial charge is 0.420 e. The van der Waals surface area contributed by atoms with Gasteiger partial charge in [-0.05, 0) is 102 Å². The molecule has 2 aromatic heterocycles. The Bertz CT molecular complexity index is 1880. The highest BCUT2D eigenvalue weighted by Crippen LogP contribution is 2.28. The first-order chi connectivity index (χ1) is 25.4. The van der Waals surface area contributed by atoms with Gasteiger partial charge in [0.2, 0.25) is 5.91 Å². The van der Waals surface area contributed by atoms with Crippen molar-refractivity contribution in [2.24, 2.45) is 11.3 Å². The molecule has 0 radical (unpaired) electrons. The Balaban J connectivity index is 1.61. The molecule has 1 fully saturated rings. The molecular weight excluding hydrogens is 692 g/mol. The van der Waals surface area contributed by atoms with Gasteiger partial charge in [-0.25, -0.2) is 19.1 Å². The predicted molar refractivity (Wildman–Crippen MR) is 207 cm³/mol. The van der Waals surface area contributed by atoms with E-state index in [-0.39, 0.29) is 42.4 Å². The molecule has 0 spiro atoms. The monoisotopic (exact) mass is 748 g/mol. The highest BCUT2D eigenvalue weighted by Gasteiger charge is 2.27. The van der Waals surface area contributed by atoms with Crippen LogP contribution in [0.5, 0.6) is 0 Å². The van der Waals surface area contributed by atoms with Gasteiger partial charge in [-0.15, -0.1) is 0 Å². The molecule has 294 valence electrons. The minimum absolute atomic E-state index is 0.0324. The third kappa shape index (κ3) is 12.4. The summed E-state index contributed by atoms with van der Waals surface area (Å²) >= 11 is 0. The van der Waals surface area contributed by atoms with E-state index < -0.39 is 35.3 Å². The largest absolute Gasteiger partial charge is 0.449 e. The minimum Gasteiger partial charge on any atom is -0.449 e. The van der Waals surface area contributed by atoms with Crippen LogP contribution in [0.25, 0.3) is 11.0 Å². The lowest BCUT2D eigenvalue weighted by atomic mass is 9.88. The number of fused-ring (bicyclic) bond motifs is 1. The van der Waals surface area contributed by atoms with E-state index in [1.54, 1.807) is 45.2 Å². The minimum atomic E-state index is -1.08. The van der Waals surface area contributed by atoms with Crippen molar-refractivity contribution in [2.75, 3.05) is 45.8 Å². The number of likely N-dealkylation sites (N-methyl/N-ethyl adjacent to an activating group) is 1. The molecule has 1 aliphatic heterocycles. The molecule has 1 saturated heterocycles. The number of pyridine rings is 1. The number of para-hydroxylation sites is 1. The topological polar surface area (TPSA) is 163 Å². The van der Waals surface area contributed by atoms with Gasteiger partial charge in [0.05, 0.1) is 24.2 Å². The van der Waals surface area contributed by atoms with Crippen molar-refractivity contribution in [3.05, 3.63) is 69.9 Å². The number of aromatic nitrogens is 3. The second-order valence-corrected chi connectivity index (χ2v) is 16.3. The number of nitrogens with zero attached hydrogens (tertiary/aromatic N) is 4. The van der Waals surface area contributed by atoms with Crippen molar-refractivity contribution in [1.82, 2.24) is 24.3 Å². The average Bonchev–Trinajstić information content (AvgIpc) is 3.46. The first-order valence-corrected chi connectivity index (χ1v) is 18.5. The Hall–Kier alpha value is -4.82. The molecule has 0 aliphatic carbocycles. The van der Waals surface area contributed by atoms with Crippen LogP contribution < -0.4 is 16.2 Å². The molecule has 14 heteroatoms. The van der Waals surface area contributed by atoms with E-state index in [1.807, 2.05) is 31.1 Å². The van der Waals surface area contributed by atoms with E-state index in [0.717, 1.165) is 24.7 Å². The summed E-state index contributed by atoms with van der Waals surface area (Å²) in [6.07, 6.45) is 5.35. The van der Waals surface area contributed by atoms with Crippen LogP contribution >= 0.6 is 0 Å². The second kappa shape index (κ2) is 18.5. The first-order valence-electron chi connectivity index (χ1n) is 18.5. The summed E-state index contributed by atoms with van der Waals surface area (Å²) in [5.41, 5.74) is 1.28. The Kier molecular flexibility index (Phi) is 14.3. The van der Waals surface area contributed by atoms with Gasteiger partial charge in [-0.3, -0.25) is 14.4 Å². The highest BCUT2D eigenvalue weighted by molar-refractivity contribution is 5.96. The maximum atomic E-state index is 13.9. The molecule has 3 aromatic rings. The lowest BCUT2D eigenvalue weighted by Gasteiger charge is -2.23. The van der Waals surface area contributed by atoms with Gasteiger partial charge < -0.3 is 34.3 Å². The lowest BCUT2D eigenvalue weighted by Crippen LogP contribution is -2.45. The van der Waals surface area contributed by atoms with Crippen LogP contribution in [0.15, 0.2) is 53.0 Å². The van der Waals surface area contributed by atoms with Crippen LogP contribution in [0.3, 0.4) is 0 Å². The summed E-state index contributed by atoms with van der Waals surface area (Å²) < 4.78 is 19.4. The average molecular weight is 749 g/mol. The number of hydrogen-bond donors (Lipinski definition) is 2. The van der Waals surface area contributed by atoms with E-state index in [1.165, 1.54) is 15.2 Å². The third-order valence-electron chi connectivity index (χ3n) is 8.64. The standard InChI is InChI=1S/C40H56N6O8/c1-39(2,3)22-29-13-10-16-32-34(29)43-33(46(32)38(51)54-40(4,5)6)24-45-19-11-15-31(36(45)49)41-35(48)30(14-9-12-28(25-47)23-44(7)8)42-37(50)53-26-27-17-20-52-21-18-27/h10-13,15-16,19,25,27,30H,9,14,17-18,20-24,26H2,1-8H3,(H,41,48)(H,42,50)/b28-12-/t30-/m0/s1. The van der Waals surface area contributed by atoms with Gasteiger partial charge in [0.1, 0.15) is 29.4 Å². The number of aldehydes is 1. The van der Waals surface area contributed by atoms with Gasteiger partial charge in [-0.2, -0.15) is 0 Å². The predicted octanol–water partition coefficient (Wildman–Crippen LogP) is 5.55. The van der Waals surface area contributed by atoms with Crippen molar-refractivity contribution in [1.29, 1.82) is 0 Å². The Morgan fingerprint density at radius 2 is 1.80 bits per heavy atom. The first kappa shape index (κ1) is 41.9. The van der Waals surface area contributed by atoms with Crippen LogP contribution in [0.1, 0.15) is 78.6 Å². The van der Waals surface area contributed by atoms with Crippen LogP contribution in [-0.2, 0) is 36.8 Å². The fourth-order valence-corrected chi connectivity index (χ4v) is 6.18. The van der Waals surface area contributed by atoms with Gasteiger partial charge in [0, 0.05) is 31.5 Å². The number of nitrogens with one attached hydrogen (secondary N) is 2. The summed E-state index contributed by atoms with van der Waals surface area (Å²) in [7, 11) is 3.68. The molecule has 3 heterocycles. The van der Waals surface area contributed by atoms with E-state index >= 15 is 0 Å². The van der Waals surface area contributed by atoms with Gasteiger partial charge in [0.25, 0.3) is 5.56 Å². The number of carbonyl (C=O) groups excluding carboxylic acids is 4. The number of anilines is 1. The molecule has 4 rings (SSSR count). The Morgan fingerprint density at radius 3 is 2.44 bits per heavy atom. The van der Waals surface area contributed by atoms with Crippen molar-refractivity contribution in [3.63, 3.8) is 0 Å². The molecule has 2 N–H and O–H groups in total. The number of carbonyl (C=O) groups is 4. The van der Waals surface area contributed by atoms with E-state index in [4.69, 9.17) is 19.2 Å². The van der Waals surface area contributed by atoms with Crippen LogP contribution in [0.4, 0.5) is 15.3 Å². The summed E-state index contributed by atoms with van der Waals surface area (Å²) in [6, 6.07) is 7.65. The normalized spacial score (nSPS) is 14.9. The third-order valence-corrected chi connectivity index (χ3v) is 8.64. The molecule has 1 aromatic carbocycles. The second-order valence-electron chi connectivity index (χ2n) is 16.3. The van der Waals surface area contributed by atoms with Crippen molar-refractivity contribution in [3.8, 4) is 0 Å². The zero-order chi connectivity index (χ0) is 39.6. The van der Waals surface area contributed by atoms with E-state index in [0.29, 0.717) is 49.2 Å². The fraction of sp³-hybridized carbons (Fsp3) is 0.550. The van der Waals surface area contributed by atoms with Gasteiger partial charge in [0.15, 0.2) is 0 Å². The Morgan fingerprint density at radius 1 is 1.07 bits per heavy atom. The molecule has 0 saturated carbocycles. The molecule has 2 amide bonds. The number of allylic oxidation sites excluding steroid dienone is 1. The molecule has 0 bridgehead atoms. The number of rotatable bonds is 14. The summed E-state index contributed by atoms with van der Waals surface area (Å²) in [6.45, 7) is 13.4. The maximum Gasteiger partial charge on any atom is 0.420 e. The lowest BCUT2D eigenvalue weighted by molar-refractivity contribution is -0.118. The number of amides is 2. The van der Waals surface area contributed by atoms with Crippen LogP contribution in [-0.4, -0.2) is 95.5 Å². The number of alkyl carbamates (subject to hydrolysis) is 1. The maximum absolute atomic E-state index is 13.9. The Labute approximate surface area is 317 Å². The molecule has 0 unspecified atom stereocenters. The highest BCUT2D eigenvalue weighted by atomic mass is 16.6. The zero-order valence-corrected chi connectivity index (χ0v) is 32.9.